The van der Waals surface area contributed by atoms with Gasteiger partial charge >= 0.3 is 0 Å². The Kier molecular flexibility index (Phi) is 5.02. The number of carbonyl (C=O) groups is 3. The van der Waals surface area contributed by atoms with E-state index >= 15 is 0 Å². The summed E-state index contributed by atoms with van der Waals surface area (Å²) in [5.41, 5.74) is 0.434. The van der Waals surface area contributed by atoms with Crippen LogP contribution in [0.2, 0.25) is 5.02 Å². The van der Waals surface area contributed by atoms with Crippen molar-refractivity contribution in [2.45, 2.75) is 19.0 Å². The second kappa shape index (κ2) is 7.61. The molecule has 3 amide bonds. The topological polar surface area (TPSA) is 70.8 Å². The number of amides is 3. The zero-order valence-corrected chi connectivity index (χ0v) is 16.2. The fourth-order valence-corrected chi connectivity index (χ4v) is 3.99. The zero-order valence-electron chi connectivity index (χ0n) is 14.6. The molecule has 28 heavy (non-hydrogen) atoms. The normalized spacial score (nSPS) is 16.6. The van der Waals surface area contributed by atoms with E-state index in [0.29, 0.717) is 10.7 Å². The highest BCUT2D eigenvalue weighted by molar-refractivity contribution is 7.09. The van der Waals surface area contributed by atoms with Crippen molar-refractivity contribution < 1.29 is 18.8 Å². The lowest BCUT2D eigenvalue weighted by molar-refractivity contribution is -0.122. The van der Waals surface area contributed by atoms with Crippen LogP contribution in [-0.4, -0.2) is 28.7 Å². The van der Waals surface area contributed by atoms with E-state index in [9.17, 15) is 14.4 Å². The van der Waals surface area contributed by atoms with Crippen molar-refractivity contribution in [3.63, 3.8) is 0 Å². The maximum atomic E-state index is 13.1. The number of carbonyl (C=O) groups excluding carboxylic acids is 3. The van der Waals surface area contributed by atoms with Crippen LogP contribution in [0.4, 0.5) is 5.69 Å². The zero-order chi connectivity index (χ0) is 19.7. The molecule has 4 rings (SSSR count). The SMILES string of the molecule is O=C1CC(N(Cc2cccs2)C(=O)c2ccco2)C(=O)N1c1ccc(Cl)cc1. The molecule has 0 radical (unpaired) electrons. The lowest BCUT2D eigenvalue weighted by Gasteiger charge is -2.26. The molecule has 1 fully saturated rings. The Hall–Kier alpha value is -2.90. The van der Waals surface area contributed by atoms with Gasteiger partial charge in [0.2, 0.25) is 5.91 Å². The number of furan rings is 1. The molecule has 0 N–H and O–H groups in total. The summed E-state index contributed by atoms with van der Waals surface area (Å²) in [5, 5.41) is 2.40. The molecule has 0 bridgehead atoms. The number of halogens is 1. The molecule has 2 aromatic heterocycles. The molecule has 142 valence electrons. The van der Waals surface area contributed by atoms with Gasteiger partial charge in [-0.25, -0.2) is 4.90 Å². The lowest BCUT2D eigenvalue weighted by Crippen LogP contribution is -2.44. The third-order valence-electron chi connectivity index (χ3n) is 4.48. The first-order valence-electron chi connectivity index (χ1n) is 8.54. The fourth-order valence-electron chi connectivity index (χ4n) is 3.16. The molecule has 8 heteroatoms. The number of imide groups is 1. The number of anilines is 1. The summed E-state index contributed by atoms with van der Waals surface area (Å²) in [6.45, 7) is 0.218. The van der Waals surface area contributed by atoms with E-state index in [0.717, 1.165) is 9.78 Å². The summed E-state index contributed by atoms with van der Waals surface area (Å²) >= 11 is 7.37. The molecule has 6 nitrogen and oxygen atoms in total. The summed E-state index contributed by atoms with van der Waals surface area (Å²) in [6, 6.07) is 12.5. The average Bonchev–Trinajstić information content (AvgIpc) is 3.43. The van der Waals surface area contributed by atoms with Crippen LogP contribution in [0.15, 0.2) is 64.6 Å². The number of hydrogen-bond acceptors (Lipinski definition) is 5. The van der Waals surface area contributed by atoms with Crippen molar-refractivity contribution in [3.8, 4) is 0 Å². The van der Waals surface area contributed by atoms with Gasteiger partial charge in [0.15, 0.2) is 5.76 Å². The molecule has 1 atom stereocenters. The van der Waals surface area contributed by atoms with Gasteiger partial charge in [0.05, 0.1) is 24.9 Å². The van der Waals surface area contributed by atoms with Crippen molar-refractivity contribution >= 4 is 46.3 Å². The number of benzene rings is 1. The molecular formula is C20H15ClN2O4S. The van der Waals surface area contributed by atoms with E-state index < -0.39 is 17.9 Å². The van der Waals surface area contributed by atoms with Crippen LogP contribution in [0.1, 0.15) is 21.9 Å². The van der Waals surface area contributed by atoms with Gasteiger partial charge in [-0.15, -0.1) is 11.3 Å². The first kappa shape index (κ1) is 18.5. The van der Waals surface area contributed by atoms with E-state index in [1.54, 1.807) is 36.4 Å². The van der Waals surface area contributed by atoms with Crippen molar-refractivity contribution in [3.05, 3.63) is 75.8 Å². The second-order valence-corrected chi connectivity index (χ2v) is 7.72. The number of rotatable bonds is 5. The minimum absolute atomic E-state index is 0.0840. The van der Waals surface area contributed by atoms with Crippen molar-refractivity contribution in [2.24, 2.45) is 0 Å². The van der Waals surface area contributed by atoms with Gasteiger partial charge in [-0.3, -0.25) is 14.4 Å². The Labute approximate surface area is 169 Å². The van der Waals surface area contributed by atoms with E-state index in [2.05, 4.69) is 0 Å². The highest BCUT2D eigenvalue weighted by Gasteiger charge is 2.45. The van der Waals surface area contributed by atoms with Crippen LogP contribution in [0, 0.1) is 0 Å². The molecule has 1 unspecified atom stereocenters. The number of nitrogens with zero attached hydrogens (tertiary/aromatic N) is 2. The summed E-state index contributed by atoms with van der Waals surface area (Å²) < 4.78 is 5.23. The van der Waals surface area contributed by atoms with Crippen molar-refractivity contribution in [2.75, 3.05) is 4.90 Å². The van der Waals surface area contributed by atoms with E-state index in [1.807, 2.05) is 17.5 Å². The van der Waals surface area contributed by atoms with Crippen LogP contribution >= 0.6 is 22.9 Å². The van der Waals surface area contributed by atoms with Crippen LogP contribution in [-0.2, 0) is 16.1 Å². The fraction of sp³-hybridized carbons (Fsp3) is 0.150. The number of thiophene rings is 1. The quantitative estimate of drug-likeness (QED) is 0.592. The molecular weight excluding hydrogens is 400 g/mol. The first-order chi connectivity index (χ1) is 13.5. The molecule has 1 aliphatic heterocycles. The summed E-state index contributed by atoms with van der Waals surface area (Å²) in [5.74, 6) is -1.10. The van der Waals surface area contributed by atoms with Crippen LogP contribution in [0.5, 0.6) is 0 Å². The van der Waals surface area contributed by atoms with Crippen molar-refractivity contribution in [1.29, 1.82) is 0 Å². The largest absolute Gasteiger partial charge is 0.459 e. The standard InChI is InChI=1S/C20H15ClN2O4S/c21-13-5-7-14(8-6-13)23-18(24)11-16(19(23)25)22(12-15-3-2-10-28-15)20(26)17-4-1-9-27-17/h1-10,16H,11-12H2. The van der Waals surface area contributed by atoms with Gasteiger partial charge in [0, 0.05) is 9.90 Å². The third-order valence-corrected chi connectivity index (χ3v) is 5.60. The highest BCUT2D eigenvalue weighted by atomic mass is 35.5. The molecule has 0 spiro atoms. The Morgan fingerprint density at radius 3 is 2.61 bits per heavy atom. The maximum absolute atomic E-state index is 13.1. The van der Waals surface area contributed by atoms with Gasteiger partial charge < -0.3 is 9.32 Å². The summed E-state index contributed by atoms with van der Waals surface area (Å²) in [6.07, 6.45) is 1.32. The predicted molar refractivity (Wildman–Crippen MR) is 105 cm³/mol. The van der Waals surface area contributed by atoms with E-state index in [1.165, 1.54) is 22.5 Å². The van der Waals surface area contributed by atoms with Gasteiger partial charge in [0.1, 0.15) is 6.04 Å². The first-order valence-corrected chi connectivity index (χ1v) is 9.79. The van der Waals surface area contributed by atoms with Crippen molar-refractivity contribution in [1.82, 2.24) is 4.90 Å². The van der Waals surface area contributed by atoms with Crippen LogP contribution < -0.4 is 4.90 Å². The Bertz CT molecular complexity index is 1000. The number of hydrogen-bond donors (Lipinski definition) is 0. The van der Waals surface area contributed by atoms with Gasteiger partial charge in [-0.05, 0) is 47.8 Å². The maximum Gasteiger partial charge on any atom is 0.290 e. The van der Waals surface area contributed by atoms with E-state index in [-0.39, 0.29) is 24.6 Å². The predicted octanol–water partition coefficient (Wildman–Crippen LogP) is 3.97. The molecule has 3 aromatic rings. The average molecular weight is 415 g/mol. The Morgan fingerprint density at radius 1 is 1.18 bits per heavy atom. The van der Waals surface area contributed by atoms with Crippen LogP contribution in [0.25, 0.3) is 0 Å². The molecule has 1 aliphatic rings. The van der Waals surface area contributed by atoms with Gasteiger partial charge in [-0.2, -0.15) is 0 Å². The summed E-state index contributed by atoms with van der Waals surface area (Å²) in [7, 11) is 0. The van der Waals surface area contributed by atoms with Gasteiger partial charge in [-0.1, -0.05) is 17.7 Å². The minimum atomic E-state index is -0.900. The van der Waals surface area contributed by atoms with E-state index in [4.69, 9.17) is 16.0 Å². The molecule has 1 saturated heterocycles. The molecule has 0 saturated carbocycles. The minimum Gasteiger partial charge on any atom is -0.459 e. The van der Waals surface area contributed by atoms with Gasteiger partial charge in [0.25, 0.3) is 11.8 Å². The Balaban J connectivity index is 1.66. The Morgan fingerprint density at radius 2 is 1.96 bits per heavy atom. The molecule has 1 aromatic carbocycles. The highest BCUT2D eigenvalue weighted by Crippen LogP contribution is 2.29. The monoisotopic (exact) mass is 414 g/mol. The summed E-state index contributed by atoms with van der Waals surface area (Å²) in [4.78, 5) is 42.1. The molecule has 3 heterocycles. The molecule has 0 aliphatic carbocycles. The van der Waals surface area contributed by atoms with Crippen LogP contribution in [0.3, 0.4) is 0 Å². The lowest BCUT2D eigenvalue weighted by atomic mass is 10.2. The third kappa shape index (κ3) is 3.46. The smallest absolute Gasteiger partial charge is 0.290 e. The second-order valence-electron chi connectivity index (χ2n) is 6.25.